The van der Waals surface area contributed by atoms with Crippen molar-refractivity contribution in [2.45, 2.75) is 44.9 Å². The first-order valence-corrected chi connectivity index (χ1v) is 11.3. The van der Waals surface area contributed by atoms with Crippen LogP contribution in [0.2, 0.25) is 0 Å². The Kier molecular flexibility index (Phi) is 5.65. The van der Waals surface area contributed by atoms with Gasteiger partial charge in [0.1, 0.15) is 0 Å². The van der Waals surface area contributed by atoms with Crippen LogP contribution in [0.1, 0.15) is 42.1 Å². The Labute approximate surface area is 207 Å². The van der Waals surface area contributed by atoms with Crippen LogP contribution in [-0.2, 0) is 33.1 Å². The van der Waals surface area contributed by atoms with Crippen LogP contribution in [0.4, 0.5) is 32.0 Å². The predicted molar refractivity (Wildman–Crippen MR) is 120 cm³/mol. The number of nitrogens with one attached hydrogen (secondary N) is 1. The number of carbonyl (C=O) groups is 2. The molecule has 5 rings (SSSR count). The third-order valence-electron chi connectivity index (χ3n) is 7.13. The number of ether oxygens (including phenoxy) is 1. The first kappa shape index (κ1) is 24.9. The van der Waals surface area contributed by atoms with Crippen LogP contribution in [-0.4, -0.2) is 18.0 Å². The number of anilines is 1. The molecule has 5 nitrogen and oxygen atoms in total. The number of rotatable bonds is 3. The zero-order valence-corrected chi connectivity index (χ0v) is 19.5. The Morgan fingerprint density at radius 3 is 2.32 bits per heavy atom. The van der Waals surface area contributed by atoms with Gasteiger partial charge < -0.3 is 10.1 Å². The summed E-state index contributed by atoms with van der Waals surface area (Å²) in [7, 11) is 0. The molecular formula is C26H20F6N2O3. The van der Waals surface area contributed by atoms with E-state index < -0.39 is 41.3 Å². The normalized spacial score (nSPS) is 24.6. The molecule has 37 heavy (non-hydrogen) atoms. The highest BCUT2D eigenvalue weighted by atomic mass is 19.4. The maximum Gasteiger partial charge on any atom is 0.417 e. The second-order valence-electron chi connectivity index (χ2n) is 9.23. The summed E-state index contributed by atoms with van der Waals surface area (Å²) < 4.78 is 86.1. The molecule has 2 heterocycles. The number of alkyl halides is 6. The summed E-state index contributed by atoms with van der Waals surface area (Å²) in [5.74, 6) is -1.31. The average molecular weight is 522 g/mol. The van der Waals surface area contributed by atoms with Crippen molar-refractivity contribution in [3.8, 4) is 0 Å². The van der Waals surface area contributed by atoms with E-state index in [1.807, 2.05) is 24.3 Å². The molecule has 11 heteroatoms. The van der Waals surface area contributed by atoms with E-state index in [0.29, 0.717) is 29.7 Å². The van der Waals surface area contributed by atoms with Gasteiger partial charge in [-0.2, -0.15) is 26.3 Å². The number of hydrogen-bond acceptors (Lipinski definition) is 3. The zero-order valence-electron chi connectivity index (χ0n) is 19.5. The van der Waals surface area contributed by atoms with Gasteiger partial charge in [-0.25, -0.2) is 0 Å². The Bertz CT molecular complexity index is 1380. The van der Waals surface area contributed by atoms with Gasteiger partial charge in [0.2, 0.25) is 6.23 Å². The number of amides is 2. The van der Waals surface area contributed by atoms with E-state index in [-0.39, 0.29) is 23.4 Å². The molecule has 1 saturated heterocycles. The molecule has 3 aliphatic rings. The molecule has 0 spiro atoms. The fraction of sp³-hybridized carbons (Fsp3) is 0.308. The molecule has 194 valence electrons. The number of benzene rings is 2. The lowest BCUT2D eigenvalue weighted by atomic mass is 9.97. The summed E-state index contributed by atoms with van der Waals surface area (Å²) in [6, 6.07) is 8.77. The molecule has 3 unspecified atom stereocenters. The zero-order chi connectivity index (χ0) is 26.9. The monoisotopic (exact) mass is 522 g/mol. The van der Waals surface area contributed by atoms with Crippen LogP contribution >= 0.6 is 0 Å². The van der Waals surface area contributed by atoms with Gasteiger partial charge in [-0.1, -0.05) is 24.3 Å². The molecule has 0 saturated carbocycles. The SMILES string of the molecule is CC1=C(C)C(O/C=C2/C(=O)NC3c4ccccc4CC23)N(c2ccc(C(F)(F)F)c(C(F)(F)F)c2)C1=O. The van der Waals surface area contributed by atoms with Crippen LogP contribution < -0.4 is 10.2 Å². The molecule has 2 amide bonds. The van der Waals surface area contributed by atoms with Crippen LogP contribution in [0.15, 0.2) is 65.4 Å². The van der Waals surface area contributed by atoms with E-state index in [2.05, 4.69) is 5.32 Å². The summed E-state index contributed by atoms with van der Waals surface area (Å²) >= 11 is 0. The van der Waals surface area contributed by atoms with Crippen molar-refractivity contribution >= 4 is 17.5 Å². The lowest BCUT2D eigenvalue weighted by Gasteiger charge is -2.27. The third kappa shape index (κ3) is 4.06. The predicted octanol–water partition coefficient (Wildman–Crippen LogP) is 5.68. The molecular weight excluding hydrogens is 502 g/mol. The van der Waals surface area contributed by atoms with Crippen molar-refractivity contribution in [3.63, 3.8) is 0 Å². The molecule has 0 bridgehead atoms. The lowest BCUT2D eigenvalue weighted by molar-refractivity contribution is -0.162. The molecule has 1 fully saturated rings. The molecule has 0 aromatic heterocycles. The van der Waals surface area contributed by atoms with E-state index in [1.165, 1.54) is 20.1 Å². The minimum absolute atomic E-state index is 0.180. The summed E-state index contributed by atoms with van der Waals surface area (Å²) in [5, 5.41) is 2.90. The fourth-order valence-corrected chi connectivity index (χ4v) is 5.15. The highest BCUT2D eigenvalue weighted by molar-refractivity contribution is 6.09. The largest absolute Gasteiger partial charge is 0.473 e. The smallest absolute Gasteiger partial charge is 0.417 e. The highest BCUT2D eigenvalue weighted by Crippen LogP contribution is 2.45. The molecule has 1 N–H and O–H groups in total. The number of carbonyl (C=O) groups excluding carboxylic acids is 2. The van der Waals surface area contributed by atoms with E-state index in [0.717, 1.165) is 22.1 Å². The van der Waals surface area contributed by atoms with E-state index in [1.54, 1.807) is 0 Å². The van der Waals surface area contributed by atoms with Gasteiger partial charge in [0, 0.05) is 17.2 Å². The third-order valence-corrected chi connectivity index (χ3v) is 7.13. The number of nitrogens with zero attached hydrogens (tertiary/aromatic N) is 1. The first-order valence-electron chi connectivity index (χ1n) is 11.3. The van der Waals surface area contributed by atoms with E-state index in [9.17, 15) is 35.9 Å². The number of halogens is 6. The standard InChI is InChI=1S/C26H20F6N2O3/c1-12-13(2)24(37-11-18-17-9-14-5-3-4-6-16(14)21(17)33-22(18)35)34(23(12)36)15-7-8-19(25(27,28)29)20(10-15)26(30,31)32/h3-8,10-11,17,21,24H,9H2,1-2H3,(H,33,35)/b18-11+. The Morgan fingerprint density at radius 1 is 0.973 bits per heavy atom. The number of hydrogen-bond donors (Lipinski definition) is 1. The summed E-state index contributed by atoms with van der Waals surface area (Å²) in [5.41, 5.74) is -1.27. The quantitative estimate of drug-likeness (QED) is 0.321. The molecule has 0 radical (unpaired) electrons. The van der Waals surface area contributed by atoms with Crippen LogP contribution in [0.5, 0.6) is 0 Å². The highest BCUT2D eigenvalue weighted by Gasteiger charge is 2.46. The second kappa shape index (κ2) is 8.39. The van der Waals surface area contributed by atoms with E-state index in [4.69, 9.17) is 4.74 Å². The van der Waals surface area contributed by atoms with Gasteiger partial charge >= 0.3 is 12.4 Å². The van der Waals surface area contributed by atoms with Crippen molar-refractivity contribution in [2.24, 2.45) is 5.92 Å². The van der Waals surface area contributed by atoms with Crippen molar-refractivity contribution in [3.05, 3.63) is 87.7 Å². The maximum absolute atomic E-state index is 13.5. The summed E-state index contributed by atoms with van der Waals surface area (Å²) in [6.45, 7) is 2.98. The summed E-state index contributed by atoms with van der Waals surface area (Å²) in [4.78, 5) is 26.5. The topological polar surface area (TPSA) is 58.6 Å². The minimum Gasteiger partial charge on any atom is -0.473 e. The van der Waals surface area contributed by atoms with Crippen molar-refractivity contribution in [2.75, 3.05) is 4.90 Å². The van der Waals surface area contributed by atoms with Gasteiger partial charge in [0.15, 0.2) is 0 Å². The van der Waals surface area contributed by atoms with Crippen molar-refractivity contribution in [1.82, 2.24) is 5.32 Å². The Balaban J connectivity index is 1.49. The second-order valence-corrected chi connectivity index (χ2v) is 9.23. The molecule has 3 atom stereocenters. The van der Waals surface area contributed by atoms with Crippen LogP contribution in [0.3, 0.4) is 0 Å². The molecule has 2 aliphatic heterocycles. The van der Waals surface area contributed by atoms with E-state index >= 15 is 0 Å². The van der Waals surface area contributed by atoms with Crippen LogP contribution in [0, 0.1) is 5.92 Å². The Hall–Kier alpha value is -3.76. The van der Waals surface area contributed by atoms with Gasteiger partial charge in [-0.15, -0.1) is 0 Å². The minimum atomic E-state index is -5.31. The maximum atomic E-state index is 13.5. The summed E-state index contributed by atoms with van der Waals surface area (Å²) in [6.07, 6.45) is -10.0. The van der Waals surface area contributed by atoms with Gasteiger partial charge in [-0.3, -0.25) is 14.5 Å². The van der Waals surface area contributed by atoms with Crippen molar-refractivity contribution in [1.29, 1.82) is 0 Å². The van der Waals surface area contributed by atoms with Gasteiger partial charge in [-0.05, 0) is 55.2 Å². The molecule has 2 aromatic rings. The van der Waals surface area contributed by atoms with Crippen LogP contribution in [0.25, 0.3) is 0 Å². The number of fused-ring (bicyclic) bond motifs is 3. The molecule has 1 aliphatic carbocycles. The van der Waals surface area contributed by atoms with Gasteiger partial charge in [0.25, 0.3) is 11.8 Å². The lowest BCUT2D eigenvalue weighted by Crippen LogP contribution is -2.37. The fourth-order valence-electron chi connectivity index (χ4n) is 5.15. The van der Waals surface area contributed by atoms with Crippen molar-refractivity contribution < 1.29 is 40.7 Å². The Morgan fingerprint density at radius 2 is 1.65 bits per heavy atom. The molecule has 2 aromatic carbocycles. The van der Waals surface area contributed by atoms with Gasteiger partial charge in [0.05, 0.1) is 29.0 Å². The average Bonchev–Trinajstić information content (AvgIpc) is 3.40. The first-order chi connectivity index (χ1) is 17.3.